The minimum Gasteiger partial charge on any atom is -0.496 e. The first-order valence-corrected chi connectivity index (χ1v) is 8.82. The number of aryl methyl sites for hydroxylation is 1. The molecular formula is C20H25N3O3. The molecule has 1 fully saturated rings. The molecule has 2 heterocycles. The molecule has 0 unspecified atom stereocenters. The fraction of sp³-hybridized carbons (Fsp3) is 0.400. The van der Waals surface area contributed by atoms with Crippen LogP contribution in [0.3, 0.4) is 0 Å². The Labute approximate surface area is 154 Å². The van der Waals surface area contributed by atoms with Gasteiger partial charge in [0.15, 0.2) is 0 Å². The van der Waals surface area contributed by atoms with E-state index in [2.05, 4.69) is 9.88 Å². The molecule has 3 rings (SSSR count). The third kappa shape index (κ3) is 4.20. The molecule has 26 heavy (non-hydrogen) atoms. The van der Waals surface area contributed by atoms with Crippen LogP contribution in [0.5, 0.6) is 5.75 Å². The van der Waals surface area contributed by atoms with Crippen molar-refractivity contribution in [2.75, 3.05) is 33.3 Å². The zero-order chi connectivity index (χ0) is 18.5. The minimum absolute atomic E-state index is 0.624. The van der Waals surface area contributed by atoms with Gasteiger partial charge in [0, 0.05) is 44.5 Å². The third-order valence-electron chi connectivity index (χ3n) is 4.80. The number of ether oxygens (including phenoxy) is 1. The van der Waals surface area contributed by atoms with Gasteiger partial charge in [0.1, 0.15) is 11.8 Å². The van der Waals surface area contributed by atoms with E-state index in [1.165, 1.54) is 0 Å². The first-order valence-electron chi connectivity index (χ1n) is 8.82. The molecule has 0 radical (unpaired) electrons. The van der Waals surface area contributed by atoms with Crippen molar-refractivity contribution in [3.8, 4) is 5.75 Å². The number of aromatic nitrogens is 1. The maximum absolute atomic E-state index is 12.0. The summed E-state index contributed by atoms with van der Waals surface area (Å²) >= 11 is 0. The first-order chi connectivity index (χ1) is 12.6. The van der Waals surface area contributed by atoms with Gasteiger partial charge in [0.05, 0.1) is 12.8 Å². The average Bonchev–Trinajstić information content (AvgIpc) is 2.64. The Balaban J connectivity index is 1.71. The number of methoxy groups -OCH3 is 1. The van der Waals surface area contributed by atoms with Crippen LogP contribution in [0, 0.1) is 6.92 Å². The molecule has 138 valence electrons. The lowest BCUT2D eigenvalue weighted by molar-refractivity contribution is -0.144. The van der Waals surface area contributed by atoms with Crippen molar-refractivity contribution in [3.63, 3.8) is 0 Å². The quantitative estimate of drug-likeness (QED) is 0.858. The monoisotopic (exact) mass is 355 g/mol. The Hall–Kier alpha value is -2.44. The average molecular weight is 355 g/mol. The van der Waals surface area contributed by atoms with Gasteiger partial charge in [-0.3, -0.25) is 19.6 Å². The molecular weight excluding hydrogens is 330 g/mol. The highest BCUT2D eigenvalue weighted by Gasteiger charge is 2.32. The van der Waals surface area contributed by atoms with E-state index in [1.807, 2.05) is 48.2 Å². The van der Waals surface area contributed by atoms with Gasteiger partial charge in [-0.15, -0.1) is 0 Å². The maximum atomic E-state index is 12.0. The van der Waals surface area contributed by atoms with E-state index in [0.717, 1.165) is 36.5 Å². The molecule has 0 spiro atoms. The molecule has 6 nitrogen and oxygen atoms in total. The lowest BCUT2D eigenvalue weighted by Gasteiger charge is -2.38. The summed E-state index contributed by atoms with van der Waals surface area (Å²) in [5, 5.41) is 9.87. The standard InChI is InChI=1S/C20H25N3O3/c1-15-6-7-18(26-2)17(13-15)19(20(24)25)23-11-9-22(10-12-23)14-16-5-3-4-8-21-16/h3-8,13,19H,9-12,14H2,1-2H3,(H,24,25)/t19-/m0/s1. The Morgan fingerprint density at radius 2 is 2.00 bits per heavy atom. The summed E-state index contributed by atoms with van der Waals surface area (Å²) in [4.78, 5) is 20.7. The van der Waals surface area contributed by atoms with Crippen molar-refractivity contribution in [2.24, 2.45) is 0 Å². The van der Waals surface area contributed by atoms with Gasteiger partial charge in [0.25, 0.3) is 0 Å². The van der Waals surface area contributed by atoms with Crippen LogP contribution in [0.1, 0.15) is 22.9 Å². The fourth-order valence-corrected chi connectivity index (χ4v) is 3.45. The number of carboxylic acid groups (broad SMARTS) is 1. The van der Waals surface area contributed by atoms with Crippen LogP contribution in [0.2, 0.25) is 0 Å². The van der Waals surface area contributed by atoms with Crippen LogP contribution >= 0.6 is 0 Å². The Kier molecular flexibility index (Phi) is 5.85. The summed E-state index contributed by atoms with van der Waals surface area (Å²) < 4.78 is 5.41. The van der Waals surface area contributed by atoms with Crippen LogP contribution < -0.4 is 4.74 Å². The zero-order valence-corrected chi connectivity index (χ0v) is 15.3. The molecule has 1 aromatic carbocycles. The minimum atomic E-state index is -0.841. The van der Waals surface area contributed by atoms with E-state index >= 15 is 0 Å². The summed E-state index contributed by atoms with van der Waals surface area (Å²) in [5.41, 5.74) is 2.79. The molecule has 6 heteroatoms. The third-order valence-corrected chi connectivity index (χ3v) is 4.80. The summed E-state index contributed by atoms with van der Waals surface area (Å²) in [6.45, 7) is 5.78. The van der Waals surface area contributed by atoms with Crippen molar-refractivity contribution in [1.29, 1.82) is 0 Å². The second-order valence-corrected chi connectivity index (χ2v) is 6.62. The van der Waals surface area contributed by atoms with Crippen LogP contribution in [-0.4, -0.2) is 59.1 Å². The number of rotatable bonds is 6. The molecule has 2 aromatic rings. The molecule has 1 aromatic heterocycles. The smallest absolute Gasteiger partial charge is 0.325 e. The van der Waals surface area contributed by atoms with Gasteiger partial charge in [-0.05, 0) is 25.1 Å². The molecule has 1 atom stereocenters. The topological polar surface area (TPSA) is 65.9 Å². The molecule has 0 amide bonds. The van der Waals surface area contributed by atoms with Gasteiger partial charge < -0.3 is 9.84 Å². The normalized spacial score (nSPS) is 17.0. The lowest BCUT2D eigenvalue weighted by Crippen LogP contribution is -2.49. The Morgan fingerprint density at radius 1 is 1.23 bits per heavy atom. The van der Waals surface area contributed by atoms with Gasteiger partial charge >= 0.3 is 5.97 Å². The SMILES string of the molecule is COc1ccc(C)cc1[C@@H](C(=O)O)N1CCN(Cc2ccccn2)CC1. The van der Waals surface area contributed by atoms with E-state index < -0.39 is 12.0 Å². The molecule has 1 aliphatic rings. The molecule has 0 saturated carbocycles. The number of benzene rings is 1. The first kappa shape index (κ1) is 18.4. The number of piperazine rings is 1. The van der Waals surface area contributed by atoms with E-state index in [0.29, 0.717) is 18.8 Å². The summed E-state index contributed by atoms with van der Waals surface area (Å²) in [6.07, 6.45) is 1.80. The molecule has 0 bridgehead atoms. The van der Waals surface area contributed by atoms with E-state index in [1.54, 1.807) is 13.3 Å². The highest BCUT2D eigenvalue weighted by atomic mass is 16.5. The molecule has 1 N–H and O–H groups in total. The second kappa shape index (κ2) is 8.29. The highest BCUT2D eigenvalue weighted by molar-refractivity contribution is 5.77. The number of hydrogen-bond donors (Lipinski definition) is 1. The lowest BCUT2D eigenvalue weighted by atomic mass is 10.0. The van der Waals surface area contributed by atoms with Gasteiger partial charge in [-0.2, -0.15) is 0 Å². The van der Waals surface area contributed by atoms with Crippen LogP contribution in [0.4, 0.5) is 0 Å². The van der Waals surface area contributed by atoms with Crippen LogP contribution in [0.25, 0.3) is 0 Å². The largest absolute Gasteiger partial charge is 0.496 e. The number of carboxylic acids is 1. The molecule has 1 saturated heterocycles. The molecule has 0 aliphatic carbocycles. The van der Waals surface area contributed by atoms with Crippen molar-refractivity contribution in [2.45, 2.75) is 19.5 Å². The van der Waals surface area contributed by atoms with Crippen molar-refractivity contribution in [1.82, 2.24) is 14.8 Å². The number of hydrogen-bond acceptors (Lipinski definition) is 5. The number of nitrogens with zero attached hydrogens (tertiary/aromatic N) is 3. The second-order valence-electron chi connectivity index (χ2n) is 6.62. The van der Waals surface area contributed by atoms with Gasteiger partial charge in [-0.25, -0.2) is 0 Å². The van der Waals surface area contributed by atoms with E-state index in [4.69, 9.17) is 4.74 Å². The van der Waals surface area contributed by atoms with Gasteiger partial charge in [-0.1, -0.05) is 23.8 Å². The van der Waals surface area contributed by atoms with E-state index in [9.17, 15) is 9.90 Å². The van der Waals surface area contributed by atoms with Crippen LogP contribution in [-0.2, 0) is 11.3 Å². The summed E-state index contributed by atoms with van der Waals surface area (Å²) in [5.74, 6) is -0.217. The van der Waals surface area contributed by atoms with Crippen LogP contribution in [0.15, 0.2) is 42.6 Å². The zero-order valence-electron chi connectivity index (χ0n) is 15.3. The summed E-state index contributed by atoms with van der Waals surface area (Å²) in [6, 6.07) is 10.9. The van der Waals surface area contributed by atoms with Crippen molar-refractivity contribution >= 4 is 5.97 Å². The predicted octanol–water partition coefficient (Wildman–Crippen LogP) is 2.34. The number of pyridine rings is 1. The van der Waals surface area contributed by atoms with Gasteiger partial charge in [0.2, 0.25) is 0 Å². The number of aliphatic carboxylic acids is 1. The highest BCUT2D eigenvalue weighted by Crippen LogP contribution is 2.31. The number of carbonyl (C=O) groups is 1. The molecule has 1 aliphatic heterocycles. The summed E-state index contributed by atoms with van der Waals surface area (Å²) in [7, 11) is 1.58. The van der Waals surface area contributed by atoms with Crippen molar-refractivity contribution < 1.29 is 14.6 Å². The van der Waals surface area contributed by atoms with Crippen molar-refractivity contribution in [3.05, 3.63) is 59.4 Å². The fourth-order valence-electron chi connectivity index (χ4n) is 3.45. The van der Waals surface area contributed by atoms with E-state index in [-0.39, 0.29) is 0 Å². The Morgan fingerprint density at radius 3 is 2.62 bits per heavy atom. The maximum Gasteiger partial charge on any atom is 0.325 e. The predicted molar refractivity (Wildman–Crippen MR) is 99.2 cm³/mol. The Bertz CT molecular complexity index is 743.